The first-order chi connectivity index (χ1) is 14.1. The average Bonchev–Trinajstić information content (AvgIpc) is 2.72. The number of aliphatic hydroxyl groups is 1. The molecule has 0 amide bonds. The molecule has 0 saturated heterocycles. The maximum atomic E-state index is 10.4. The first-order valence-electron chi connectivity index (χ1n) is 10.7. The van der Waals surface area contributed by atoms with E-state index in [-0.39, 0.29) is 0 Å². The highest BCUT2D eigenvalue weighted by Crippen LogP contribution is 2.34. The predicted molar refractivity (Wildman–Crippen MR) is 129 cm³/mol. The molecule has 0 bridgehead atoms. The Labute approximate surface area is 182 Å². The van der Waals surface area contributed by atoms with E-state index >= 15 is 0 Å². The fraction of sp³-hybridized carbons (Fsp3) is 0.333. The third kappa shape index (κ3) is 4.85. The van der Waals surface area contributed by atoms with Crippen LogP contribution >= 0.6 is 0 Å². The predicted octanol–water partition coefficient (Wildman–Crippen LogP) is 5.36. The Balaban J connectivity index is 1.95. The summed E-state index contributed by atoms with van der Waals surface area (Å²) < 4.78 is 6.11. The Morgan fingerprint density at radius 2 is 1.47 bits per heavy atom. The Hall–Kier alpha value is -2.36. The summed E-state index contributed by atoms with van der Waals surface area (Å²) in [7, 11) is 0.459. The summed E-state index contributed by atoms with van der Waals surface area (Å²) in [5.74, 6) is 0.302. The van der Waals surface area contributed by atoms with Gasteiger partial charge in [-0.25, -0.2) is 0 Å². The van der Waals surface area contributed by atoms with Crippen molar-refractivity contribution in [3.63, 3.8) is 0 Å². The molecule has 0 aliphatic rings. The van der Waals surface area contributed by atoms with Crippen LogP contribution in [-0.2, 0) is 4.65 Å². The van der Waals surface area contributed by atoms with Crippen molar-refractivity contribution >= 4 is 12.9 Å². The molecule has 0 heterocycles. The van der Waals surface area contributed by atoms with E-state index in [4.69, 9.17) is 4.65 Å². The minimum Gasteiger partial charge on any atom is -0.427 e. The highest BCUT2D eigenvalue weighted by atomic mass is 16.5. The lowest BCUT2D eigenvalue weighted by molar-refractivity contribution is -0.0893. The summed E-state index contributed by atoms with van der Waals surface area (Å²) in [4.78, 5) is 0. The van der Waals surface area contributed by atoms with Gasteiger partial charge in [0.05, 0.1) is 11.2 Å². The molecule has 1 N–H and O–H groups in total. The first kappa shape index (κ1) is 22.3. The van der Waals surface area contributed by atoms with Crippen LogP contribution in [0, 0.1) is 6.92 Å². The molecule has 3 rings (SSSR count). The van der Waals surface area contributed by atoms with Crippen LogP contribution < -0.4 is 5.46 Å². The topological polar surface area (TPSA) is 29.5 Å². The number of aryl methyl sites for hydroxylation is 1. The van der Waals surface area contributed by atoms with E-state index in [0.29, 0.717) is 13.4 Å². The van der Waals surface area contributed by atoms with E-state index < -0.39 is 11.2 Å². The number of hydrogen-bond acceptors (Lipinski definition) is 2. The van der Waals surface area contributed by atoms with Crippen molar-refractivity contribution in [2.45, 2.75) is 58.7 Å². The van der Waals surface area contributed by atoms with Gasteiger partial charge in [-0.3, -0.25) is 0 Å². The fourth-order valence-electron chi connectivity index (χ4n) is 3.53. The van der Waals surface area contributed by atoms with Crippen LogP contribution in [0.1, 0.15) is 57.2 Å². The van der Waals surface area contributed by atoms with E-state index in [0.717, 1.165) is 5.46 Å². The van der Waals surface area contributed by atoms with Crippen LogP contribution in [0.3, 0.4) is 0 Å². The third-order valence-electron chi connectivity index (χ3n) is 6.39. The zero-order valence-electron chi connectivity index (χ0n) is 19.1. The molecule has 1 unspecified atom stereocenters. The molecule has 3 heteroatoms. The zero-order chi connectivity index (χ0) is 21.9. The number of benzene rings is 3. The normalized spacial score (nSPS) is 13.2. The number of rotatable bonds is 7. The SMILES string of the molecule is Cc1ccc(BOC(C)(C)C(C)(C)O)cc1-c1ccccc1C(C)c1ccccc1. The molecule has 3 aromatic rings. The van der Waals surface area contributed by atoms with Gasteiger partial charge in [-0.1, -0.05) is 85.2 Å². The molecule has 0 fully saturated rings. The summed E-state index contributed by atoms with van der Waals surface area (Å²) in [6.45, 7) is 11.9. The third-order valence-corrected chi connectivity index (χ3v) is 6.39. The summed E-state index contributed by atoms with van der Waals surface area (Å²) in [6.07, 6.45) is 0. The van der Waals surface area contributed by atoms with Crippen molar-refractivity contribution in [3.8, 4) is 11.1 Å². The monoisotopic (exact) mass is 400 g/mol. The molecule has 0 saturated carbocycles. The fourth-order valence-corrected chi connectivity index (χ4v) is 3.53. The molecule has 2 nitrogen and oxygen atoms in total. The molecule has 0 spiro atoms. The molecule has 156 valence electrons. The Kier molecular flexibility index (Phi) is 6.54. The van der Waals surface area contributed by atoms with Gasteiger partial charge < -0.3 is 9.76 Å². The van der Waals surface area contributed by atoms with Crippen molar-refractivity contribution in [3.05, 3.63) is 89.5 Å². The molecule has 1 atom stereocenters. The van der Waals surface area contributed by atoms with Crippen LogP contribution in [0.25, 0.3) is 11.1 Å². The van der Waals surface area contributed by atoms with Crippen LogP contribution in [-0.4, -0.2) is 23.8 Å². The highest BCUT2D eigenvalue weighted by molar-refractivity contribution is 6.47. The molecule has 30 heavy (non-hydrogen) atoms. The Morgan fingerprint density at radius 3 is 2.13 bits per heavy atom. The van der Waals surface area contributed by atoms with Crippen molar-refractivity contribution in [1.29, 1.82) is 0 Å². The molecule has 0 radical (unpaired) electrons. The van der Waals surface area contributed by atoms with Gasteiger partial charge in [-0.2, -0.15) is 0 Å². The van der Waals surface area contributed by atoms with Gasteiger partial charge >= 0.3 is 7.48 Å². The summed E-state index contributed by atoms with van der Waals surface area (Å²) >= 11 is 0. The van der Waals surface area contributed by atoms with Crippen LogP contribution in [0.4, 0.5) is 0 Å². The number of hydrogen-bond donors (Lipinski definition) is 1. The quantitative estimate of drug-likeness (QED) is 0.542. The standard InChI is InChI=1S/C27H33BO2/c1-19-16-17-22(28-30-27(5,6)26(3,4)29)18-25(19)24-15-11-10-14-23(24)20(2)21-12-8-7-9-13-21/h7-18,20,28-29H,1-6H3. The Bertz CT molecular complexity index is 987. The van der Waals surface area contributed by atoms with Crippen molar-refractivity contribution < 1.29 is 9.76 Å². The van der Waals surface area contributed by atoms with Gasteiger partial charge in [0.25, 0.3) is 0 Å². The van der Waals surface area contributed by atoms with Crippen LogP contribution in [0.15, 0.2) is 72.8 Å². The van der Waals surface area contributed by atoms with Gasteiger partial charge in [0.2, 0.25) is 0 Å². The molecule has 0 aliphatic heterocycles. The molecule has 0 aliphatic carbocycles. The average molecular weight is 400 g/mol. The second kappa shape index (κ2) is 8.79. The second-order valence-electron chi connectivity index (χ2n) is 9.23. The zero-order valence-corrected chi connectivity index (χ0v) is 19.1. The molecule has 3 aromatic carbocycles. The van der Waals surface area contributed by atoms with E-state index in [1.165, 1.54) is 27.8 Å². The van der Waals surface area contributed by atoms with Gasteiger partial charge in [0.15, 0.2) is 0 Å². The molecular weight excluding hydrogens is 367 g/mol. The lowest BCUT2D eigenvalue weighted by Gasteiger charge is -2.37. The van der Waals surface area contributed by atoms with Crippen molar-refractivity contribution in [2.24, 2.45) is 0 Å². The first-order valence-corrected chi connectivity index (χ1v) is 10.7. The summed E-state index contributed by atoms with van der Waals surface area (Å²) in [6, 6.07) is 25.8. The minimum absolute atomic E-state index is 0.302. The molecular formula is C27H33BO2. The summed E-state index contributed by atoms with van der Waals surface area (Å²) in [5, 5.41) is 10.4. The summed E-state index contributed by atoms with van der Waals surface area (Å²) in [5.41, 5.74) is 5.92. The van der Waals surface area contributed by atoms with E-state index in [1.807, 2.05) is 13.8 Å². The van der Waals surface area contributed by atoms with Crippen molar-refractivity contribution in [2.75, 3.05) is 0 Å². The van der Waals surface area contributed by atoms with Gasteiger partial charge in [-0.15, -0.1) is 0 Å². The van der Waals surface area contributed by atoms with Gasteiger partial charge in [-0.05, 0) is 62.4 Å². The van der Waals surface area contributed by atoms with Crippen LogP contribution in [0.5, 0.6) is 0 Å². The van der Waals surface area contributed by atoms with Gasteiger partial charge in [0, 0.05) is 5.92 Å². The Morgan fingerprint density at radius 1 is 0.833 bits per heavy atom. The van der Waals surface area contributed by atoms with E-state index in [9.17, 15) is 5.11 Å². The highest BCUT2D eigenvalue weighted by Gasteiger charge is 2.35. The lowest BCUT2D eigenvalue weighted by atomic mass is 9.79. The van der Waals surface area contributed by atoms with E-state index in [1.54, 1.807) is 13.8 Å². The smallest absolute Gasteiger partial charge is 0.309 e. The van der Waals surface area contributed by atoms with Crippen LogP contribution in [0.2, 0.25) is 0 Å². The lowest BCUT2D eigenvalue weighted by Crippen LogP contribution is -2.49. The molecule has 0 aromatic heterocycles. The second-order valence-corrected chi connectivity index (χ2v) is 9.23. The minimum atomic E-state index is -0.918. The maximum absolute atomic E-state index is 10.4. The largest absolute Gasteiger partial charge is 0.427 e. The van der Waals surface area contributed by atoms with E-state index in [2.05, 4.69) is 86.6 Å². The maximum Gasteiger partial charge on any atom is 0.309 e. The van der Waals surface area contributed by atoms with Gasteiger partial charge in [0.1, 0.15) is 0 Å². The van der Waals surface area contributed by atoms with Crippen molar-refractivity contribution in [1.82, 2.24) is 0 Å².